The number of carbonyl (C=O) groups excluding carboxylic acids is 3. The molecule has 10 heteroatoms. The highest BCUT2D eigenvalue weighted by Crippen LogP contribution is 2.46. The maximum Gasteiger partial charge on any atom is 0.318 e. The van der Waals surface area contributed by atoms with Crippen molar-refractivity contribution in [3.8, 4) is 0 Å². The molecule has 2 saturated heterocycles. The van der Waals surface area contributed by atoms with E-state index in [9.17, 15) is 18.8 Å². The number of hydrogen-bond acceptors (Lipinski definition) is 5. The minimum absolute atomic E-state index is 0.0617. The number of amides is 4. The third-order valence-corrected chi connectivity index (χ3v) is 9.56. The predicted octanol–water partition coefficient (Wildman–Crippen LogP) is 3.86. The van der Waals surface area contributed by atoms with Crippen molar-refractivity contribution in [1.82, 2.24) is 25.8 Å². The van der Waals surface area contributed by atoms with Crippen LogP contribution >= 0.6 is 0 Å². The van der Waals surface area contributed by atoms with Gasteiger partial charge in [0.2, 0.25) is 11.8 Å². The zero-order valence-corrected chi connectivity index (χ0v) is 26.7. The minimum atomic E-state index is -0.796. The molecule has 4 rings (SSSR count). The molecule has 1 aliphatic carbocycles. The van der Waals surface area contributed by atoms with Gasteiger partial charge in [0.05, 0.1) is 17.6 Å². The molecule has 2 aliphatic heterocycles. The molecule has 1 saturated carbocycles. The molecule has 2 unspecified atom stereocenters. The Morgan fingerprint density at radius 3 is 2.21 bits per heavy atom. The Kier molecular flexibility index (Phi) is 11.1. The first-order valence-electron chi connectivity index (χ1n) is 16.1. The third-order valence-electron chi connectivity index (χ3n) is 9.56. The van der Waals surface area contributed by atoms with Crippen LogP contribution in [0.1, 0.15) is 78.2 Å². The Bertz CT molecular complexity index is 1090. The van der Waals surface area contributed by atoms with E-state index in [1.54, 1.807) is 24.1 Å². The predicted molar refractivity (Wildman–Crippen MR) is 165 cm³/mol. The molecule has 0 spiro atoms. The largest absolute Gasteiger partial charge is 0.382 e. The fraction of sp³-hybridized carbons (Fsp3) is 0.727. The molecule has 1 aromatic carbocycles. The number of nitrogens with zero attached hydrogens (tertiary/aromatic N) is 2. The maximum absolute atomic E-state index is 14.1. The first-order chi connectivity index (χ1) is 20.4. The van der Waals surface area contributed by atoms with E-state index in [0.717, 1.165) is 31.2 Å². The van der Waals surface area contributed by atoms with Crippen molar-refractivity contribution in [2.24, 2.45) is 11.3 Å². The molecular formula is C33H52FN5O4. The second kappa shape index (κ2) is 14.4. The number of benzene rings is 1. The van der Waals surface area contributed by atoms with Gasteiger partial charge in [-0.2, -0.15) is 0 Å². The molecular weight excluding hydrogens is 549 g/mol. The summed E-state index contributed by atoms with van der Waals surface area (Å²) >= 11 is 0. The summed E-state index contributed by atoms with van der Waals surface area (Å²) in [5.74, 6) is -0.164. The van der Waals surface area contributed by atoms with E-state index < -0.39 is 17.0 Å². The molecule has 1 aromatic rings. The van der Waals surface area contributed by atoms with Crippen LogP contribution in [0.4, 0.5) is 9.18 Å². The number of methoxy groups -OCH3 is 1. The number of likely N-dealkylation sites (tertiary alicyclic amines) is 1. The van der Waals surface area contributed by atoms with Crippen LogP contribution in [0.25, 0.3) is 0 Å². The number of piperidine rings is 1. The van der Waals surface area contributed by atoms with Gasteiger partial charge >= 0.3 is 6.03 Å². The van der Waals surface area contributed by atoms with Gasteiger partial charge in [0.15, 0.2) is 0 Å². The van der Waals surface area contributed by atoms with Crippen molar-refractivity contribution < 1.29 is 23.5 Å². The summed E-state index contributed by atoms with van der Waals surface area (Å²) in [6.45, 7) is 10.4. The molecule has 4 amide bonds. The molecule has 0 radical (unpaired) electrons. The van der Waals surface area contributed by atoms with E-state index in [-0.39, 0.29) is 48.1 Å². The topological polar surface area (TPSA) is 103 Å². The smallest absolute Gasteiger partial charge is 0.318 e. The standard InChI is InChI=1S/C33H52FN5O4/c1-23-20-39(21-24(2)35-23)31(42)36-28(19-25-11-13-27(34)14-12-25)29(40)38-17-15-33(16-18-38,26-9-7-6-8-10-26)30(41)37-32(3,4)22-43-5/h11-14,23-24,26,28,35H,6-10,15-22H2,1-5H3,(H,36,42)(H,37,41)/t23?,24?,28-/m1/s1. The van der Waals surface area contributed by atoms with Gasteiger partial charge in [0.25, 0.3) is 0 Å². The quantitative estimate of drug-likeness (QED) is 0.399. The minimum Gasteiger partial charge on any atom is -0.382 e. The summed E-state index contributed by atoms with van der Waals surface area (Å²) in [6.07, 6.45) is 6.93. The Balaban J connectivity index is 1.51. The third kappa shape index (κ3) is 8.47. The number of piperazine rings is 1. The fourth-order valence-electron chi connectivity index (χ4n) is 7.44. The van der Waals surface area contributed by atoms with Crippen molar-refractivity contribution in [2.45, 2.75) is 103 Å². The van der Waals surface area contributed by atoms with Crippen LogP contribution < -0.4 is 16.0 Å². The van der Waals surface area contributed by atoms with Gasteiger partial charge in [0, 0.05) is 51.8 Å². The normalized spacial score (nSPS) is 23.9. The number of halogens is 1. The van der Waals surface area contributed by atoms with Crippen molar-refractivity contribution in [1.29, 1.82) is 0 Å². The van der Waals surface area contributed by atoms with Gasteiger partial charge in [-0.25, -0.2) is 9.18 Å². The number of carbonyl (C=O) groups is 3. The molecule has 3 atom stereocenters. The molecule has 3 fully saturated rings. The van der Waals surface area contributed by atoms with E-state index >= 15 is 0 Å². The monoisotopic (exact) mass is 601 g/mol. The van der Waals surface area contributed by atoms with Crippen LogP contribution in [0, 0.1) is 17.2 Å². The van der Waals surface area contributed by atoms with E-state index in [1.807, 2.05) is 32.6 Å². The number of rotatable bonds is 9. The van der Waals surface area contributed by atoms with Crippen LogP contribution in [0.15, 0.2) is 24.3 Å². The number of urea groups is 1. The molecule has 43 heavy (non-hydrogen) atoms. The van der Waals surface area contributed by atoms with Gasteiger partial charge in [-0.15, -0.1) is 0 Å². The zero-order valence-electron chi connectivity index (χ0n) is 26.7. The molecule has 9 nitrogen and oxygen atoms in total. The highest BCUT2D eigenvalue weighted by atomic mass is 19.1. The summed E-state index contributed by atoms with van der Waals surface area (Å²) in [5.41, 5.74) is -0.259. The lowest BCUT2D eigenvalue weighted by Crippen LogP contribution is -2.62. The lowest BCUT2D eigenvalue weighted by molar-refractivity contribution is -0.147. The number of ether oxygens (including phenoxy) is 1. The molecule has 0 bridgehead atoms. The lowest BCUT2D eigenvalue weighted by Gasteiger charge is -2.48. The Hall–Kier alpha value is -2.72. The summed E-state index contributed by atoms with van der Waals surface area (Å²) in [5, 5.41) is 9.72. The highest BCUT2D eigenvalue weighted by Gasteiger charge is 2.49. The van der Waals surface area contributed by atoms with Crippen molar-refractivity contribution >= 4 is 17.8 Å². The van der Waals surface area contributed by atoms with Gasteiger partial charge in [-0.1, -0.05) is 31.4 Å². The van der Waals surface area contributed by atoms with E-state index in [4.69, 9.17) is 4.74 Å². The van der Waals surface area contributed by atoms with E-state index in [2.05, 4.69) is 16.0 Å². The van der Waals surface area contributed by atoms with Crippen molar-refractivity contribution in [3.63, 3.8) is 0 Å². The van der Waals surface area contributed by atoms with Crippen LogP contribution in [0.5, 0.6) is 0 Å². The first kappa shape index (κ1) is 33.2. The fourth-order valence-corrected chi connectivity index (χ4v) is 7.44. The van der Waals surface area contributed by atoms with E-state index in [0.29, 0.717) is 45.6 Å². The molecule has 240 valence electrons. The summed E-state index contributed by atoms with van der Waals surface area (Å²) in [4.78, 5) is 45.0. The van der Waals surface area contributed by atoms with Gasteiger partial charge in [0.1, 0.15) is 11.9 Å². The maximum atomic E-state index is 14.1. The van der Waals surface area contributed by atoms with E-state index in [1.165, 1.54) is 18.6 Å². The molecule has 3 aliphatic rings. The van der Waals surface area contributed by atoms with Gasteiger partial charge in [-0.3, -0.25) is 9.59 Å². The van der Waals surface area contributed by atoms with Crippen LogP contribution in [-0.2, 0) is 20.7 Å². The molecule has 3 N–H and O–H groups in total. The van der Waals surface area contributed by atoms with Gasteiger partial charge < -0.3 is 30.5 Å². The van der Waals surface area contributed by atoms with Crippen LogP contribution in [0.3, 0.4) is 0 Å². The first-order valence-corrected chi connectivity index (χ1v) is 16.1. The molecule has 0 aromatic heterocycles. The molecule has 2 heterocycles. The number of nitrogens with one attached hydrogen (secondary N) is 3. The summed E-state index contributed by atoms with van der Waals surface area (Å²) in [7, 11) is 1.64. The Morgan fingerprint density at radius 1 is 1.02 bits per heavy atom. The zero-order chi connectivity index (χ0) is 31.2. The van der Waals surface area contributed by atoms with Crippen LogP contribution in [0.2, 0.25) is 0 Å². The average molecular weight is 602 g/mol. The van der Waals surface area contributed by atoms with Crippen molar-refractivity contribution in [2.75, 3.05) is 39.9 Å². The lowest BCUT2D eigenvalue weighted by atomic mass is 9.63. The van der Waals surface area contributed by atoms with Crippen LogP contribution in [-0.4, -0.2) is 91.2 Å². The highest BCUT2D eigenvalue weighted by molar-refractivity contribution is 5.88. The van der Waals surface area contributed by atoms with Crippen molar-refractivity contribution in [3.05, 3.63) is 35.6 Å². The summed E-state index contributed by atoms with van der Waals surface area (Å²) in [6, 6.07) is 5.30. The number of hydrogen-bond donors (Lipinski definition) is 3. The average Bonchev–Trinajstić information content (AvgIpc) is 2.97. The Labute approximate surface area is 256 Å². The second-order valence-electron chi connectivity index (χ2n) is 13.8. The SMILES string of the molecule is COCC(C)(C)NC(=O)C1(C2CCCCC2)CCN(C(=O)[C@@H](Cc2ccc(F)cc2)NC(=O)N2CC(C)NC(C)C2)CC1. The summed E-state index contributed by atoms with van der Waals surface area (Å²) < 4.78 is 19.0. The second-order valence-corrected chi connectivity index (χ2v) is 13.8. The Morgan fingerprint density at radius 2 is 1.63 bits per heavy atom. The van der Waals surface area contributed by atoms with Gasteiger partial charge in [-0.05, 0) is 77.0 Å².